The van der Waals surface area contributed by atoms with Crippen LogP contribution in [0.3, 0.4) is 0 Å². The molecule has 20 heavy (non-hydrogen) atoms. The lowest BCUT2D eigenvalue weighted by molar-refractivity contribution is 0.627. The first-order valence-electron chi connectivity index (χ1n) is 6.36. The Balaban J connectivity index is 2.57. The summed E-state index contributed by atoms with van der Waals surface area (Å²) in [6.45, 7) is 4.46. The number of amidine groups is 1. The van der Waals surface area contributed by atoms with Crippen molar-refractivity contribution in [3.05, 3.63) is 41.3 Å². The number of aromatic nitrogens is 2. The molecule has 0 unspecified atom stereocenters. The fourth-order valence-corrected chi connectivity index (χ4v) is 2.35. The predicted octanol–water partition coefficient (Wildman–Crippen LogP) is 2.31. The van der Waals surface area contributed by atoms with E-state index in [0.717, 1.165) is 11.5 Å². The van der Waals surface area contributed by atoms with Crippen LogP contribution in [0.25, 0.3) is 0 Å². The van der Waals surface area contributed by atoms with Crippen molar-refractivity contribution in [2.45, 2.75) is 13.8 Å². The van der Waals surface area contributed by atoms with Gasteiger partial charge in [0, 0.05) is 19.3 Å². The first-order chi connectivity index (χ1) is 9.45. The van der Waals surface area contributed by atoms with Crippen LogP contribution in [0.4, 0.5) is 15.9 Å². The van der Waals surface area contributed by atoms with Crippen LogP contribution in [0.5, 0.6) is 0 Å². The monoisotopic (exact) mass is 275 g/mol. The number of hydrogen-bond acceptors (Lipinski definition) is 3. The van der Waals surface area contributed by atoms with Crippen LogP contribution < -0.4 is 10.6 Å². The molecular formula is C14H18FN5. The minimum Gasteiger partial charge on any atom is -0.384 e. The van der Waals surface area contributed by atoms with E-state index in [9.17, 15) is 4.39 Å². The van der Waals surface area contributed by atoms with Crippen molar-refractivity contribution in [1.29, 1.82) is 5.41 Å². The van der Waals surface area contributed by atoms with Crippen LogP contribution in [-0.4, -0.2) is 22.2 Å². The average molecular weight is 275 g/mol. The van der Waals surface area contributed by atoms with Gasteiger partial charge in [0.1, 0.15) is 17.5 Å². The molecule has 0 saturated heterocycles. The fourth-order valence-electron chi connectivity index (χ4n) is 2.35. The normalized spacial score (nSPS) is 10.6. The minimum atomic E-state index is -0.280. The summed E-state index contributed by atoms with van der Waals surface area (Å²) in [7, 11) is 1.81. The first-order valence-corrected chi connectivity index (χ1v) is 6.36. The average Bonchev–Trinajstić information content (AvgIpc) is 2.68. The van der Waals surface area contributed by atoms with Crippen LogP contribution in [0.2, 0.25) is 0 Å². The predicted molar refractivity (Wildman–Crippen MR) is 78.0 cm³/mol. The Morgan fingerprint density at radius 1 is 1.40 bits per heavy atom. The maximum Gasteiger partial charge on any atom is 0.142 e. The molecule has 0 saturated carbocycles. The zero-order chi connectivity index (χ0) is 14.9. The van der Waals surface area contributed by atoms with Crippen molar-refractivity contribution < 1.29 is 4.39 Å². The molecule has 2 rings (SSSR count). The summed E-state index contributed by atoms with van der Waals surface area (Å²) in [5, 5.41) is 12.1. The number of nitrogens with zero attached hydrogens (tertiary/aromatic N) is 3. The quantitative estimate of drug-likeness (QED) is 0.664. The minimum absolute atomic E-state index is 0.0221. The molecule has 0 aliphatic heterocycles. The Bertz CT molecular complexity index is 630. The van der Waals surface area contributed by atoms with Gasteiger partial charge in [0.2, 0.25) is 0 Å². The molecule has 0 atom stereocenters. The standard InChI is InChI=1S/C14H18FN5/c1-4-20(11-7-5-10(15)6-8-11)14-12(13(16)17)9(2)18-19(14)3/h5-8H,4H2,1-3H3,(H3,16,17). The van der Waals surface area contributed by atoms with E-state index in [4.69, 9.17) is 11.1 Å². The zero-order valence-corrected chi connectivity index (χ0v) is 11.8. The number of benzene rings is 1. The molecule has 106 valence electrons. The van der Waals surface area contributed by atoms with E-state index < -0.39 is 0 Å². The van der Waals surface area contributed by atoms with Gasteiger partial charge in [-0.3, -0.25) is 10.1 Å². The number of hydrogen-bond donors (Lipinski definition) is 2. The fraction of sp³-hybridized carbons (Fsp3) is 0.286. The Labute approximate surface area is 117 Å². The Kier molecular flexibility index (Phi) is 3.74. The van der Waals surface area contributed by atoms with Crippen molar-refractivity contribution in [3.8, 4) is 0 Å². The third kappa shape index (κ3) is 2.36. The highest BCUT2D eigenvalue weighted by Gasteiger charge is 2.21. The van der Waals surface area contributed by atoms with E-state index in [1.165, 1.54) is 12.1 Å². The number of anilines is 2. The third-order valence-corrected chi connectivity index (χ3v) is 3.17. The number of nitrogen functional groups attached to an aromatic ring is 1. The molecule has 1 aromatic carbocycles. The summed E-state index contributed by atoms with van der Waals surface area (Å²) >= 11 is 0. The molecule has 2 aromatic rings. The van der Waals surface area contributed by atoms with Gasteiger partial charge in [0.05, 0.1) is 11.3 Å². The van der Waals surface area contributed by atoms with E-state index in [1.807, 2.05) is 18.7 Å². The molecule has 0 amide bonds. The number of rotatable bonds is 4. The van der Waals surface area contributed by atoms with Gasteiger partial charge >= 0.3 is 0 Å². The van der Waals surface area contributed by atoms with Crippen molar-refractivity contribution in [2.75, 3.05) is 11.4 Å². The lowest BCUT2D eigenvalue weighted by Gasteiger charge is -2.24. The summed E-state index contributed by atoms with van der Waals surface area (Å²) in [6, 6.07) is 6.22. The summed E-state index contributed by atoms with van der Waals surface area (Å²) in [4.78, 5) is 1.95. The van der Waals surface area contributed by atoms with Crippen molar-refractivity contribution in [3.63, 3.8) is 0 Å². The molecule has 0 radical (unpaired) electrons. The van der Waals surface area contributed by atoms with Gasteiger partial charge in [-0.05, 0) is 38.1 Å². The van der Waals surface area contributed by atoms with Crippen molar-refractivity contribution in [1.82, 2.24) is 9.78 Å². The van der Waals surface area contributed by atoms with Gasteiger partial charge in [0.25, 0.3) is 0 Å². The van der Waals surface area contributed by atoms with Gasteiger partial charge in [-0.1, -0.05) is 0 Å². The molecule has 5 nitrogen and oxygen atoms in total. The maximum absolute atomic E-state index is 13.1. The molecule has 1 aromatic heterocycles. The SMILES string of the molecule is CCN(c1ccc(F)cc1)c1c(C(=N)N)c(C)nn1C. The van der Waals surface area contributed by atoms with Gasteiger partial charge in [-0.25, -0.2) is 4.39 Å². The molecular weight excluding hydrogens is 257 g/mol. The maximum atomic E-state index is 13.1. The second-order valence-electron chi connectivity index (χ2n) is 4.54. The van der Waals surface area contributed by atoms with Gasteiger partial charge in [0.15, 0.2) is 0 Å². The molecule has 0 aliphatic rings. The first kappa shape index (κ1) is 14.0. The van der Waals surface area contributed by atoms with Crippen molar-refractivity contribution >= 4 is 17.3 Å². The summed E-state index contributed by atoms with van der Waals surface area (Å²) in [5.41, 5.74) is 7.81. The highest BCUT2D eigenvalue weighted by Crippen LogP contribution is 2.29. The van der Waals surface area contributed by atoms with Crippen LogP contribution in [0.15, 0.2) is 24.3 Å². The third-order valence-electron chi connectivity index (χ3n) is 3.17. The number of halogens is 1. The van der Waals surface area contributed by atoms with E-state index in [2.05, 4.69) is 5.10 Å². The van der Waals surface area contributed by atoms with E-state index in [0.29, 0.717) is 17.8 Å². The smallest absolute Gasteiger partial charge is 0.142 e. The largest absolute Gasteiger partial charge is 0.384 e. The summed E-state index contributed by atoms with van der Waals surface area (Å²) < 4.78 is 14.8. The Morgan fingerprint density at radius 3 is 2.50 bits per heavy atom. The number of nitrogens with one attached hydrogen (secondary N) is 1. The van der Waals surface area contributed by atoms with E-state index in [1.54, 1.807) is 23.9 Å². The van der Waals surface area contributed by atoms with E-state index >= 15 is 0 Å². The van der Waals surface area contributed by atoms with Gasteiger partial charge < -0.3 is 10.6 Å². The van der Waals surface area contributed by atoms with Crippen LogP contribution in [0.1, 0.15) is 18.2 Å². The zero-order valence-electron chi connectivity index (χ0n) is 11.8. The van der Waals surface area contributed by atoms with Crippen LogP contribution >= 0.6 is 0 Å². The molecule has 0 aliphatic carbocycles. The highest BCUT2D eigenvalue weighted by molar-refractivity contribution is 6.01. The highest BCUT2D eigenvalue weighted by atomic mass is 19.1. The second kappa shape index (κ2) is 5.32. The Morgan fingerprint density at radius 2 is 2.00 bits per heavy atom. The van der Waals surface area contributed by atoms with Crippen LogP contribution in [-0.2, 0) is 7.05 Å². The molecule has 6 heteroatoms. The number of aryl methyl sites for hydroxylation is 2. The summed E-state index contributed by atoms with van der Waals surface area (Å²) in [5.74, 6) is 0.438. The number of nitrogens with two attached hydrogens (primary N) is 1. The van der Waals surface area contributed by atoms with Crippen LogP contribution in [0, 0.1) is 18.2 Å². The Hall–Kier alpha value is -2.37. The molecule has 1 heterocycles. The molecule has 0 fully saturated rings. The molecule has 0 bridgehead atoms. The molecule has 3 N–H and O–H groups in total. The second-order valence-corrected chi connectivity index (χ2v) is 4.54. The van der Waals surface area contributed by atoms with Crippen molar-refractivity contribution in [2.24, 2.45) is 12.8 Å². The summed E-state index contributed by atoms with van der Waals surface area (Å²) in [6.07, 6.45) is 0. The van der Waals surface area contributed by atoms with Gasteiger partial charge in [-0.2, -0.15) is 5.10 Å². The topological polar surface area (TPSA) is 70.9 Å². The van der Waals surface area contributed by atoms with E-state index in [-0.39, 0.29) is 11.7 Å². The lowest BCUT2D eigenvalue weighted by atomic mass is 10.2. The lowest BCUT2D eigenvalue weighted by Crippen LogP contribution is -2.23. The van der Waals surface area contributed by atoms with Gasteiger partial charge in [-0.15, -0.1) is 0 Å². The molecule has 0 spiro atoms.